The van der Waals surface area contributed by atoms with Gasteiger partial charge in [-0.05, 0) is 48.4 Å². The van der Waals surface area contributed by atoms with E-state index in [-0.39, 0.29) is 28.6 Å². The van der Waals surface area contributed by atoms with E-state index in [1.54, 1.807) is 25.1 Å². The maximum atomic E-state index is 11.3. The number of rotatable bonds is 8. The highest BCUT2D eigenvalue weighted by molar-refractivity contribution is 6.32. The lowest BCUT2D eigenvalue weighted by atomic mass is 10.0. The van der Waals surface area contributed by atoms with E-state index in [9.17, 15) is 20.2 Å². The van der Waals surface area contributed by atoms with Crippen molar-refractivity contribution in [3.63, 3.8) is 0 Å². The molecule has 0 saturated heterocycles. The molecule has 0 unspecified atom stereocenters. The van der Waals surface area contributed by atoms with Crippen LogP contribution in [0.3, 0.4) is 0 Å². The summed E-state index contributed by atoms with van der Waals surface area (Å²) in [6, 6.07) is 10.9. The number of hydrogen-bond acceptors (Lipinski definition) is 7. The molecule has 2 aromatic rings. The second-order valence-corrected chi connectivity index (χ2v) is 6.01. The van der Waals surface area contributed by atoms with Crippen LogP contribution in [0.25, 0.3) is 11.6 Å². The molecule has 0 spiro atoms. The fourth-order valence-corrected chi connectivity index (χ4v) is 2.65. The Balaban J connectivity index is 2.40. The number of nitro benzene ring substituents is 1. The summed E-state index contributed by atoms with van der Waals surface area (Å²) < 4.78 is 15.5. The van der Waals surface area contributed by atoms with E-state index in [2.05, 4.69) is 10.8 Å². The highest BCUT2D eigenvalue weighted by Gasteiger charge is 2.15. The van der Waals surface area contributed by atoms with Crippen molar-refractivity contribution in [3.8, 4) is 17.6 Å². The van der Waals surface area contributed by atoms with Gasteiger partial charge < -0.3 is 14.2 Å². The molecule has 0 aliphatic heterocycles. The van der Waals surface area contributed by atoms with E-state index in [1.165, 1.54) is 31.4 Å². The minimum atomic E-state index is -0.572. The average Bonchev–Trinajstić information content (AvgIpc) is 2.71. The molecular formula is C20H17ClN2O6. The van der Waals surface area contributed by atoms with Gasteiger partial charge in [-0.15, -0.1) is 0 Å². The summed E-state index contributed by atoms with van der Waals surface area (Å²) in [5.41, 5.74) is 1.28. The summed E-state index contributed by atoms with van der Waals surface area (Å²) in [6.07, 6.45) is 1.57. The number of nitro groups is 1. The van der Waals surface area contributed by atoms with Crippen molar-refractivity contribution in [2.45, 2.75) is 6.92 Å². The van der Waals surface area contributed by atoms with Crippen molar-refractivity contribution in [1.82, 2.24) is 0 Å². The largest absolute Gasteiger partial charge is 0.490 e. The van der Waals surface area contributed by atoms with E-state index < -0.39 is 10.9 Å². The molecule has 0 aromatic heterocycles. The first-order chi connectivity index (χ1) is 13.9. The molecule has 0 aliphatic carbocycles. The van der Waals surface area contributed by atoms with Crippen LogP contribution < -0.4 is 9.47 Å². The SMILES string of the molecule is CCOc1cc(C=C(C#N)c2ccc([N+](=O)[O-])cc2)cc(Cl)c1OCC(=O)OC. The summed E-state index contributed by atoms with van der Waals surface area (Å²) in [5, 5.41) is 20.5. The fourth-order valence-electron chi connectivity index (χ4n) is 2.37. The number of carbonyl (C=O) groups excluding carboxylic acids is 1. The molecule has 0 N–H and O–H groups in total. The zero-order valence-electron chi connectivity index (χ0n) is 15.7. The molecule has 9 heteroatoms. The number of halogens is 1. The van der Waals surface area contributed by atoms with Crippen molar-refractivity contribution in [1.29, 1.82) is 5.26 Å². The third-order valence-corrected chi connectivity index (χ3v) is 4.00. The summed E-state index contributed by atoms with van der Waals surface area (Å²) in [7, 11) is 1.24. The van der Waals surface area contributed by atoms with Gasteiger partial charge in [0.05, 0.1) is 35.3 Å². The predicted octanol–water partition coefficient (Wildman–Crippen LogP) is 4.26. The van der Waals surface area contributed by atoms with Gasteiger partial charge in [0.25, 0.3) is 5.69 Å². The Morgan fingerprint density at radius 1 is 1.28 bits per heavy atom. The van der Waals surface area contributed by atoms with Gasteiger partial charge in [-0.25, -0.2) is 4.79 Å². The summed E-state index contributed by atoms with van der Waals surface area (Å²) >= 11 is 6.28. The van der Waals surface area contributed by atoms with Crippen LogP contribution >= 0.6 is 11.6 Å². The molecule has 0 radical (unpaired) electrons. The van der Waals surface area contributed by atoms with E-state index >= 15 is 0 Å². The van der Waals surface area contributed by atoms with E-state index in [1.807, 2.05) is 0 Å². The molecule has 150 valence electrons. The van der Waals surface area contributed by atoms with Crippen LogP contribution in [-0.4, -0.2) is 31.2 Å². The quantitative estimate of drug-likeness (QED) is 0.208. The van der Waals surface area contributed by atoms with Crippen LogP contribution in [0.2, 0.25) is 5.02 Å². The molecule has 2 rings (SSSR count). The second kappa shape index (κ2) is 10.1. The van der Waals surface area contributed by atoms with E-state index in [0.29, 0.717) is 23.5 Å². The standard InChI is InChI=1S/C20H17ClN2O6/c1-3-28-18-10-13(9-17(21)20(18)29-12-19(24)27-2)8-15(11-22)14-4-6-16(7-5-14)23(25)26/h4-10H,3,12H2,1-2H3. The van der Waals surface area contributed by atoms with Gasteiger partial charge in [0.15, 0.2) is 18.1 Å². The highest BCUT2D eigenvalue weighted by atomic mass is 35.5. The predicted molar refractivity (Wildman–Crippen MR) is 107 cm³/mol. The number of ether oxygens (including phenoxy) is 3. The first-order valence-electron chi connectivity index (χ1n) is 8.42. The number of allylic oxidation sites excluding steroid dienone is 1. The monoisotopic (exact) mass is 416 g/mol. The average molecular weight is 417 g/mol. The molecule has 0 aliphatic rings. The van der Waals surface area contributed by atoms with Gasteiger partial charge in [-0.2, -0.15) is 5.26 Å². The van der Waals surface area contributed by atoms with E-state index in [0.717, 1.165) is 0 Å². The third-order valence-electron chi connectivity index (χ3n) is 3.71. The normalized spacial score (nSPS) is 10.8. The maximum Gasteiger partial charge on any atom is 0.343 e. The van der Waals surface area contributed by atoms with Crippen molar-refractivity contribution in [2.24, 2.45) is 0 Å². The van der Waals surface area contributed by atoms with Crippen molar-refractivity contribution in [3.05, 3.63) is 62.7 Å². The second-order valence-electron chi connectivity index (χ2n) is 5.60. The summed E-state index contributed by atoms with van der Waals surface area (Å²) in [5.74, 6) is -0.0847. The third kappa shape index (κ3) is 5.70. The Kier molecular flexibility index (Phi) is 7.57. The number of hydrogen-bond donors (Lipinski definition) is 0. The minimum absolute atomic E-state index is 0.0696. The molecule has 2 aromatic carbocycles. The number of nitrogens with zero attached hydrogens (tertiary/aromatic N) is 2. The first-order valence-corrected chi connectivity index (χ1v) is 8.80. The number of methoxy groups -OCH3 is 1. The van der Waals surface area contributed by atoms with Gasteiger partial charge in [-0.3, -0.25) is 10.1 Å². The maximum absolute atomic E-state index is 11.3. The molecular weight excluding hydrogens is 400 g/mol. The molecule has 29 heavy (non-hydrogen) atoms. The minimum Gasteiger partial charge on any atom is -0.490 e. The van der Waals surface area contributed by atoms with Gasteiger partial charge in [0.2, 0.25) is 0 Å². The fraction of sp³-hybridized carbons (Fsp3) is 0.200. The number of benzene rings is 2. The first kappa shape index (κ1) is 21.7. The van der Waals surface area contributed by atoms with Crippen molar-refractivity contribution in [2.75, 3.05) is 20.3 Å². The van der Waals surface area contributed by atoms with Crippen LogP contribution in [0, 0.1) is 21.4 Å². The van der Waals surface area contributed by atoms with Crippen molar-refractivity contribution < 1.29 is 23.9 Å². The molecule has 8 nitrogen and oxygen atoms in total. The lowest BCUT2D eigenvalue weighted by Gasteiger charge is -2.14. The van der Waals surface area contributed by atoms with Gasteiger partial charge >= 0.3 is 5.97 Å². The smallest absolute Gasteiger partial charge is 0.343 e. The molecule has 0 heterocycles. The van der Waals surface area contributed by atoms with Gasteiger partial charge in [0.1, 0.15) is 0 Å². The lowest BCUT2D eigenvalue weighted by molar-refractivity contribution is -0.384. The van der Waals surface area contributed by atoms with Gasteiger partial charge in [0, 0.05) is 12.1 Å². The number of carbonyl (C=O) groups is 1. The Morgan fingerprint density at radius 2 is 1.97 bits per heavy atom. The van der Waals surface area contributed by atoms with Gasteiger partial charge in [-0.1, -0.05) is 11.6 Å². The Hall–Kier alpha value is -3.57. The Morgan fingerprint density at radius 3 is 2.52 bits per heavy atom. The summed E-state index contributed by atoms with van der Waals surface area (Å²) in [4.78, 5) is 21.6. The number of esters is 1. The molecule has 0 fully saturated rings. The van der Waals surface area contributed by atoms with Crippen LogP contribution in [0.5, 0.6) is 11.5 Å². The molecule has 0 bridgehead atoms. The number of nitriles is 1. The Labute approximate surface area is 172 Å². The molecule has 0 amide bonds. The van der Waals surface area contributed by atoms with Crippen LogP contribution in [0.4, 0.5) is 5.69 Å². The zero-order chi connectivity index (χ0) is 21.4. The van der Waals surface area contributed by atoms with E-state index in [4.69, 9.17) is 21.1 Å². The Bertz CT molecular complexity index is 980. The van der Waals surface area contributed by atoms with Crippen LogP contribution in [0.15, 0.2) is 36.4 Å². The lowest BCUT2D eigenvalue weighted by Crippen LogP contribution is -2.13. The molecule has 0 atom stereocenters. The van der Waals surface area contributed by atoms with Crippen LogP contribution in [0.1, 0.15) is 18.1 Å². The number of non-ortho nitro benzene ring substituents is 1. The summed E-state index contributed by atoms with van der Waals surface area (Å²) in [6.45, 7) is 1.77. The van der Waals surface area contributed by atoms with Crippen molar-refractivity contribution >= 4 is 34.9 Å². The highest BCUT2D eigenvalue weighted by Crippen LogP contribution is 2.37. The molecule has 0 saturated carbocycles. The zero-order valence-corrected chi connectivity index (χ0v) is 16.4. The van der Waals surface area contributed by atoms with Crippen LogP contribution in [-0.2, 0) is 9.53 Å². The topological polar surface area (TPSA) is 112 Å².